The molecule has 30 heavy (non-hydrogen) atoms. The van der Waals surface area contributed by atoms with Crippen LogP contribution in [0.4, 0.5) is 10.5 Å². The van der Waals surface area contributed by atoms with Crippen LogP contribution in [0, 0.1) is 27.9 Å². The van der Waals surface area contributed by atoms with Gasteiger partial charge < -0.3 is 20.1 Å². The summed E-state index contributed by atoms with van der Waals surface area (Å²) in [6.07, 6.45) is 1.26. The molecule has 0 saturated carbocycles. The van der Waals surface area contributed by atoms with Gasteiger partial charge >= 0.3 is 6.09 Å². The number of piperidine rings is 1. The molecule has 0 aromatic heterocycles. The number of nitrogens with zero attached hydrogens (tertiary/aromatic N) is 2. The van der Waals surface area contributed by atoms with E-state index >= 15 is 0 Å². The molecule has 1 heterocycles. The number of nitrogens with two attached hydrogens (primary N) is 1. The summed E-state index contributed by atoms with van der Waals surface area (Å²) in [5, 5.41) is 10.9. The van der Waals surface area contributed by atoms with Crippen LogP contribution in [-0.2, 0) is 4.74 Å². The van der Waals surface area contributed by atoms with E-state index in [4.69, 9.17) is 26.8 Å². The van der Waals surface area contributed by atoms with Crippen LogP contribution >= 0.6 is 11.6 Å². The van der Waals surface area contributed by atoms with E-state index in [0.29, 0.717) is 13.1 Å². The van der Waals surface area contributed by atoms with Crippen molar-refractivity contribution in [1.29, 1.82) is 0 Å². The van der Waals surface area contributed by atoms with Crippen molar-refractivity contribution >= 4 is 29.3 Å². The van der Waals surface area contributed by atoms with Crippen molar-refractivity contribution in [1.82, 2.24) is 4.90 Å². The average molecular weight is 438 g/mol. The Morgan fingerprint density at radius 2 is 2.10 bits per heavy atom. The summed E-state index contributed by atoms with van der Waals surface area (Å²) in [4.78, 5) is 35.6. The maximum Gasteiger partial charge on any atom is 0.410 e. The zero-order valence-electron chi connectivity index (χ0n) is 17.1. The van der Waals surface area contributed by atoms with Gasteiger partial charge in [-0.05, 0) is 39.7 Å². The van der Waals surface area contributed by atoms with Crippen LogP contribution in [0.1, 0.15) is 44.0 Å². The first-order chi connectivity index (χ1) is 14.0. The number of primary amides is 1. The summed E-state index contributed by atoms with van der Waals surface area (Å²) in [6, 6.07) is 2.24. The molecular weight excluding hydrogens is 414 g/mol. The van der Waals surface area contributed by atoms with Crippen LogP contribution in [0.5, 0.6) is 5.75 Å². The van der Waals surface area contributed by atoms with E-state index in [9.17, 15) is 19.7 Å². The number of ether oxygens (including phenoxy) is 2. The number of carbonyl (C=O) groups excluding carboxylic acids is 2. The molecule has 1 fully saturated rings. The Morgan fingerprint density at radius 1 is 1.40 bits per heavy atom. The number of nitro groups is 1. The highest BCUT2D eigenvalue weighted by atomic mass is 35.5. The average Bonchev–Trinajstić information content (AvgIpc) is 2.64. The van der Waals surface area contributed by atoms with Crippen LogP contribution < -0.4 is 10.5 Å². The minimum absolute atomic E-state index is 0.0448. The van der Waals surface area contributed by atoms with E-state index < -0.39 is 22.1 Å². The molecule has 1 unspecified atom stereocenters. The molecule has 1 atom stereocenters. The number of rotatable bonds is 4. The Balaban J connectivity index is 2.02. The quantitative estimate of drug-likeness (QED) is 0.437. The fourth-order valence-corrected chi connectivity index (χ4v) is 3.08. The Hall–Kier alpha value is -2.99. The van der Waals surface area contributed by atoms with Crippen molar-refractivity contribution < 1.29 is 24.0 Å². The number of carbonyl (C=O) groups is 2. The molecule has 1 aromatic carbocycles. The Labute approximate surface area is 179 Å². The standard InChI is InChI=1S/C20H24ClN3O6/c1-20(2,3)30-19(26)23-8-4-6-13(12-23)7-5-9-29-16-11-14(18(22)25)10-15(17(16)21)24(27)28/h10-11,13H,4,6,8-9,12H2,1-3H3,(H2,22,25). The highest BCUT2D eigenvalue weighted by Crippen LogP contribution is 2.35. The number of benzene rings is 1. The molecule has 1 saturated heterocycles. The molecule has 0 spiro atoms. The highest BCUT2D eigenvalue weighted by molar-refractivity contribution is 6.34. The van der Waals surface area contributed by atoms with Crippen LogP contribution in [0.2, 0.25) is 5.02 Å². The first-order valence-corrected chi connectivity index (χ1v) is 9.72. The van der Waals surface area contributed by atoms with Crippen LogP contribution in [0.25, 0.3) is 0 Å². The van der Waals surface area contributed by atoms with Crippen LogP contribution in [-0.4, -0.2) is 47.1 Å². The third kappa shape index (κ3) is 6.52. The third-order valence-corrected chi connectivity index (χ3v) is 4.56. The minimum Gasteiger partial charge on any atom is -0.479 e. The molecule has 9 nitrogen and oxygen atoms in total. The molecule has 2 amide bonds. The summed E-state index contributed by atoms with van der Waals surface area (Å²) < 4.78 is 10.8. The predicted molar refractivity (Wildman–Crippen MR) is 110 cm³/mol. The van der Waals surface area contributed by atoms with Gasteiger partial charge in [-0.2, -0.15) is 0 Å². The number of likely N-dealkylation sites (tertiary alicyclic amines) is 1. The van der Waals surface area contributed by atoms with Gasteiger partial charge in [0, 0.05) is 30.6 Å². The monoisotopic (exact) mass is 437 g/mol. The van der Waals surface area contributed by atoms with E-state index in [1.807, 2.05) is 20.8 Å². The molecular formula is C20H24ClN3O6. The molecule has 1 aromatic rings. The van der Waals surface area contributed by atoms with Crippen molar-refractivity contribution in [3.8, 4) is 17.6 Å². The molecule has 0 bridgehead atoms. The second-order valence-electron chi connectivity index (χ2n) is 7.80. The predicted octanol–water partition coefficient (Wildman–Crippen LogP) is 3.38. The second-order valence-corrected chi connectivity index (χ2v) is 8.18. The van der Waals surface area contributed by atoms with Crippen molar-refractivity contribution in [2.75, 3.05) is 19.7 Å². The van der Waals surface area contributed by atoms with Crippen molar-refractivity contribution in [2.24, 2.45) is 11.7 Å². The number of amides is 2. The molecule has 2 rings (SSSR count). The summed E-state index contributed by atoms with van der Waals surface area (Å²) >= 11 is 5.99. The SMILES string of the molecule is CC(C)(C)OC(=O)N1CCCC(C#CCOc2cc(C(N)=O)cc([N+](=O)[O-])c2Cl)C1. The largest absolute Gasteiger partial charge is 0.479 e. The molecule has 1 aliphatic heterocycles. The maximum atomic E-state index is 12.2. The molecule has 10 heteroatoms. The third-order valence-electron chi connectivity index (χ3n) is 4.18. The Morgan fingerprint density at radius 3 is 2.70 bits per heavy atom. The number of halogens is 1. The first kappa shape index (κ1) is 23.3. The maximum absolute atomic E-state index is 12.2. The normalized spacial score (nSPS) is 16.3. The minimum atomic E-state index is -0.838. The summed E-state index contributed by atoms with van der Waals surface area (Å²) in [7, 11) is 0. The molecule has 0 radical (unpaired) electrons. The van der Waals surface area contributed by atoms with Gasteiger partial charge in [0.05, 0.1) is 4.92 Å². The highest BCUT2D eigenvalue weighted by Gasteiger charge is 2.27. The van der Waals surface area contributed by atoms with Crippen LogP contribution in [0.15, 0.2) is 12.1 Å². The second kappa shape index (κ2) is 9.67. The number of nitro benzene ring substituents is 1. The Bertz CT molecular complexity index is 900. The fourth-order valence-electron chi connectivity index (χ4n) is 2.85. The molecule has 2 N–H and O–H groups in total. The molecule has 1 aliphatic rings. The zero-order chi connectivity index (χ0) is 22.5. The van der Waals surface area contributed by atoms with Gasteiger partial charge in [-0.3, -0.25) is 14.9 Å². The van der Waals surface area contributed by atoms with Gasteiger partial charge in [0.2, 0.25) is 5.91 Å². The van der Waals surface area contributed by atoms with Crippen molar-refractivity contribution in [2.45, 2.75) is 39.2 Å². The van der Waals surface area contributed by atoms with Crippen LogP contribution in [0.3, 0.4) is 0 Å². The topological polar surface area (TPSA) is 125 Å². The van der Waals surface area contributed by atoms with E-state index in [2.05, 4.69) is 11.8 Å². The lowest BCUT2D eigenvalue weighted by atomic mass is 9.99. The zero-order valence-corrected chi connectivity index (χ0v) is 17.8. The van der Waals surface area contributed by atoms with Gasteiger partial charge in [0.1, 0.15) is 18.0 Å². The van der Waals surface area contributed by atoms with Crippen molar-refractivity contribution in [3.63, 3.8) is 0 Å². The van der Waals surface area contributed by atoms with E-state index in [1.54, 1.807) is 4.90 Å². The fraction of sp³-hybridized carbons (Fsp3) is 0.500. The van der Waals surface area contributed by atoms with E-state index in [-0.39, 0.29) is 35.0 Å². The summed E-state index contributed by atoms with van der Waals surface area (Å²) in [6.45, 7) is 6.40. The lowest BCUT2D eigenvalue weighted by Crippen LogP contribution is -2.42. The van der Waals surface area contributed by atoms with Gasteiger partial charge in [-0.15, -0.1) is 0 Å². The van der Waals surface area contributed by atoms with E-state index in [1.165, 1.54) is 6.07 Å². The van der Waals surface area contributed by atoms with Gasteiger partial charge in [0.15, 0.2) is 5.02 Å². The molecule has 162 valence electrons. The van der Waals surface area contributed by atoms with Gasteiger partial charge in [-0.25, -0.2) is 4.79 Å². The lowest BCUT2D eigenvalue weighted by molar-refractivity contribution is -0.384. The lowest BCUT2D eigenvalue weighted by Gasteiger charge is -2.32. The first-order valence-electron chi connectivity index (χ1n) is 9.35. The number of hydrogen-bond donors (Lipinski definition) is 1. The summed E-state index contributed by atoms with van der Waals surface area (Å²) in [5.41, 5.74) is 4.07. The summed E-state index contributed by atoms with van der Waals surface area (Å²) in [5.74, 6) is 4.95. The molecule has 0 aliphatic carbocycles. The smallest absolute Gasteiger partial charge is 0.410 e. The Kier molecular flexibility index (Phi) is 7.51. The van der Waals surface area contributed by atoms with Gasteiger partial charge in [0.25, 0.3) is 5.69 Å². The van der Waals surface area contributed by atoms with Gasteiger partial charge in [-0.1, -0.05) is 23.4 Å². The van der Waals surface area contributed by atoms with E-state index in [0.717, 1.165) is 18.9 Å². The van der Waals surface area contributed by atoms with Crippen molar-refractivity contribution in [3.05, 3.63) is 32.8 Å². The number of hydrogen-bond acceptors (Lipinski definition) is 6.